The monoisotopic (exact) mass is 340 g/mol. The van der Waals surface area contributed by atoms with Gasteiger partial charge in [0.15, 0.2) is 0 Å². The number of alkyl halides is 5. The summed E-state index contributed by atoms with van der Waals surface area (Å²) >= 11 is 0. The van der Waals surface area contributed by atoms with Crippen molar-refractivity contribution in [2.75, 3.05) is 32.7 Å². The fourth-order valence-corrected chi connectivity index (χ4v) is 2.38. The zero-order chi connectivity index (χ0) is 17.2. The van der Waals surface area contributed by atoms with Crippen LogP contribution in [0, 0.1) is 5.82 Å². The van der Waals surface area contributed by atoms with Gasteiger partial charge in [-0.2, -0.15) is 13.2 Å². The predicted molar refractivity (Wildman–Crippen MR) is 69.8 cm³/mol. The van der Waals surface area contributed by atoms with Gasteiger partial charge in [0.05, 0.1) is 12.1 Å². The van der Waals surface area contributed by atoms with E-state index >= 15 is 0 Å². The molecule has 0 aliphatic carbocycles. The molecule has 1 aliphatic heterocycles. The quantitative estimate of drug-likeness (QED) is 0.790. The number of carbonyl (C=O) groups excluding carboxylic acids is 1. The fraction of sp³-hybridized carbons (Fsp3) is 0.500. The van der Waals surface area contributed by atoms with Gasteiger partial charge in [-0.15, -0.1) is 0 Å². The molecule has 0 atom stereocenters. The molecule has 23 heavy (non-hydrogen) atoms. The van der Waals surface area contributed by atoms with Crippen LogP contribution in [0.4, 0.5) is 26.3 Å². The highest BCUT2D eigenvalue weighted by molar-refractivity contribution is 5.94. The number of benzene rings is 1. The Hall–Kier alpha value is -1.77. The summed E-state index contributed by atoms with van der Waals surface area (Å²) in [7, 11) is 0. The van der Waals surface area contributed by atoms with Crippen molar-refractivity contribution in [2.45, 2.75) is 12.6 Å². The lowest BCUT2D eigenvalue weighted by molar-refractivity contribution is -0.148. The highest BCUT2D eigenvalue weighted by atomic mass is 19.4. The van der Waals surface area contributed by atoms with Crippen LogP contribution < -0.4 is 0 Å². The van der Waals surface area contributed by atoms with E-state index in [1.807, 2.05) is 0 Å². The first-order chi connectivity index (χ1) is 10.7. The number of hydrogen-bond acceptors (Lipinski definition) is 2. The van der Waals surface area contributed by atoms with Crippen molar-refractivity contribution in [3.05, 3.63) is 35.1 Å². The average molecular weight is 340 g/mol. The zero-order valence-electron chi connectivity index (χ0n) is 11.9. The molecule has 1 amide bonds. The molecule has 1 fully saturated rings. The first kappa shape index (κ1) is 17.6. The lowest BCUT2D eigenvalue weighted by Gasteiger charge is -2.35. The van der Waals surface area contributed by atoms with Crippen molar-refractivity contribution in [3.8, 4) is 0 Å². The Bertz CT molecular complexity index is 567. The van der Waals surface area contributed by atoms with Crippen LogP contribution in [0.25, 0.3) is 0 Å². The van der Waals surface area contributed by atoms with Crippen LogP contribution in [-0.2, 0) is 0 Å². The molecule has 0 spiro atoms. The molecule has 0 aromatic heterocycles. The Kier molecular flexibility index (Phi) is 5.18. The van der Waals surface area contributed by atoms with E-state index in [1.165, 1.54) is 4.90 Å². The van der Waals surface area contributed by atoms with Gasteiger partial charge < -0.3 is 4.90 Å². The lowest BCUT2D eigenvalue weighted by atomic mass is 10.1. The highest BCUT2D eigenvalue weighted by Crippen LogP contribution is 2.23. The largest absolute Gasteiger partial charge is 0.401 e. The average Bonchev–Trinajstić information content (AvgIpc) is 2.46. The topological polar surface area (TPSA) is 23.6 Å². The molecule has 0 N–H and O–H groups in total. The second-order valence-electron chi connectivity index (χ2n) is 5.22. The van der Waals surface area contributed by atoms with Gasteiger partial charge in [-0.05, 0) is 12.1 Å². The van der Waals surface area contributed by atoms with Gasteiger partial charge in [-0.1, -0.05) is 6.07 Å². The zero-order valence-corrected chi connectivity index (χ0v) is 11.9. The van der Waals surface area contributed by atoms with Gasteiger partial charge in [0.25, 0.3) is 12.3 Å². The first-order valence-corrected chi connectivity index (χ1v) is 6.83. The molecule has 0 unspecified atom stereocenters. The normalized spacial score (nSPS) is 16.9. The molecule has 1 aliphatic rings. The van der Waals surface area contributed by atoms with E-state index in [-0.39, 0.29) is 26.2 Å². The van der Waals surface area contributed by atoms with Gasteiger partial charge in [0.2, 0.25) is 0 Å². The van der Waals surface area contributed by atoms with Crippen LogP contribution in [0.1, 0.15) is 22.3 Å². The Balaban J connectivity index is 2.04. The van der Waals surface area contributed by atoms with Crippen molar-refractivity contribution in [1.29, 1.82) is 0 Å². The molecule has 0 bridgehead atoms. The van der Waals surface area contributed by atoms with E-state index in [9.17, 15) is 31.1 Å². The summed E-state index contributed by atoms with van der Waals surface area (Å²) in [5.41, 5.74) is -0.975. The Morgan fingerprint density at radius 3 is 2.26 bits per heavy atom. The van der Waals surface area contributed by atoms with Crippen molar-refractivity contribution >= 4 is 5.91 Å². The van der Waals surface area contributed by atoms with Crippen LogP contribution in [0.3, 0.4) is 0 Å². The Morgan fingerprint density at radius 1 is 1.13 bits per heavy atom. The van der Waals surface area contributed by atoms with Crippen molar-refractivity contribution in [3.63, 3.8) is 0 Å². The number of rotatable bonds is 3. The second-order valence-corrected chi connectivity index (χ2v) is 5.22. The predicted octanol–water partition coefficient (Wildman–Crippen LogP) is 3.08. The summed E-state index contributed by atoms with van der Waals surface area (Å²) in [4.78, 5) is 14.5. The third kappa shape index (κ3) is 4.60. The lowest BCUT2D eigenvalue weighted by Crippen LogP contribution is -2.51. The molecular formula is C14H14F6N2O. The minimum absolute atomic E-state index is 0.0125. The molecule has 1 aromatic rings. The summed E-state index contributed by atoms with van der Waals surface area (Å²) in [6.45, 7) is -1.15. The number of piperazine rings is 1. The maximum Gasteiger partial charge on any atom is 0.401 e. The summed E-state index contributed by atoms with van der Waals surface area (Å²) < 4.78 is 75.8. The number of nitrogens with zero attached hydrogens (tertiary/aromatic N) is 2. The Labute approximate surface area is 128 Å². The van der Waals surface area contributed by atoms with Crippen LogP contribution in [0.5, 0.6) is 0 Å². The van der Waals surface area contributed by atoms with Gasteiger partial charge in [-0.25, -0.2) is 13.2 Å². The molecule has 128 valence electrons. The molecular weight excluding hydrogens is 326 g/mol. The first-order valence-electron chi connectivity index (χ1n) is 6.83. The van der Waals surface area contributed by atoms with Crippen LogP contribution in [0.2, 0.25) is 0 Å². The maximum atomic E-state index is 13.7. The molecule has 1 heterocycles. The number of hydrogen-bond donors (Lipinski definition) is 0. The van der Waals surface area contributed by atoms with Crippen LogP contribution in [0.15, 0.2) is 18.2 Å². The minimum atomic E-state index is -4.33. The van der Waals surface area contributed by atoms with E-state index in [0.29, 0.717) is 0 Å². The second kappa shape index (κ2) is 6.77. The van der Waals surface area contributed by atoms with E-state index in [2.05, 4.69) is 0 Å². The Morgan fingerprint density at radius 2 is 1.74 bits per heavy atom. The van der Waals surface area contributed by atoms with Crippen molar-refractivity contribution in [2.24, 2.45) is 0 Å². The van der Waals surface area contributed by atoms with Crippen LogP contribution in [-0.4, -0.2) is 54.6 Å². The smallest absolute Gasteiger partial charge is 0.336 e. The highest BCUT2D eigenvalue weighted by Gasteiger charge is 2.33. The molecule has 0 radical (unpaired) electrons. The van der Waals surface area contributed by atoms with Crippen molar-refractivity contribution < 1.29 is 31.1 Å². The van der Waals surface area contributed by atoms with E-state index in [1.54, 1.807) is 0 Å². The number of carbonyl (C=O) groups is 1. The summed E-state index contributed by atoms with van der Waals surface area (Å²) in [5, 5.41) is 0. The third-order valence-electron chi connectivity index (χ3n) is 3.54. The molecule has 2 rings (SSSR count). The van der Waals surface area contributed by atoms with Gasteiger partial charge in [0, 0.05) is 31.7 Å². The van der Waals surface area contributed by atoms with E-state index in [4.69, 9.17) is 0 Å². The number of amides is 1. The maximum absolute atomic E-state index is 13.7. The SMILES string of the molecule is O=C(c1cc(C(F)F)ccc1F)N1CCN(CC(F)(F)F)CC1. The van der Waals surface area contributed by atoms with E-state index in [0.717, 1.165) is 23.1 Å². The minimum Gasteiger partial charge on any atom is -0.336 e. The molecule has 1 saturated heterocycles. The molecule has 0 saturated carbocycles. The van der Waals surface area contributed by atoms with Gasteiger partial charge in [0.1, 0.15) is 5.82 Å². The molecule has 1 aromatic carbocycles. The standard InChI is InChI=1S/C14H14F6N2O/c15-11-2-1-9(12(16)17)7-10(11)13(23)22-5-3-21(4-6-22)8-14(18,19)20/h1-2,7,12H,3-6,8H2. The number of halogens is 6. The van der Waals surface area contributed by atoms with E-state index < -0.39 is 42.0 Å². The fourth-order valence-electron chi connectivity index (χ4n) is 2.38. The summed E-state index contributed by atoms with van der Waals surface area (Å²) in [6.07, 6.45) is -7.17. The molecule has 3 nitrogen and oxygen atoms in total. The molecule has 9 heteroatoms. The van der Waals surface area contributed by atoms with Gasteiger partial charge in [-0.3, -0.25) is 9.69 Å². The van der Waals surface area contributed by atoms with Crippen molar-refractivity contribution in [1.82, 2.24) is 9.80 Å². The third-order valence-corrected chi connectivity index (χ3v) is 3.54. The summed E-state index contributed by atoms with van der Waals surface area (Å²) in [5.74, 6) is -1.73. The summed E-state index contributed by atoms with van der Waals surface area (Å²) in [6, 6.07) is 2.46. The van der Waals surface area contributed by atoms with Gasteiger partial charge >= 0.3 is 6.18 Å². The van der Waals surface area contributed by atoms with Crippen LogP contribution >= 0.6 is 0 Å².